The summed E-state index contributed by atoms with van der Waals surface area (Å²) in [6, 6.07) is 7.54. The Morgan fingerprint density at radius 3 is 2.33 bits per heavy atom. The van der Waals surface area contributed by atoms with Crippen molar-refractivity contribution in [2.24, 2.45) is 5.92 Å². The van der Waals surface area contributed by atoms with Gasteiger partial charge in [-0.15, -0.1) is 0 Å². The monoisotopic (exact) mass is 249 g/mol. The summed E-state index contributed by atoms with van der Waals surface area (Å²) in [5.74, 6) is 0.576. The van der Waals surface area contributed by atoms with Gasteiger partial charge in [0.05, 0.1) is 6.61 Å². The normalized spacial score (nSPS) is 10.7. The van der Waals surface area contributed by atoms with E-state index in [9.17, 15) is 4.79 Å². The number of carbonyl (C=O) groups is 1. The van der Waals surface area contributed by atoms with Crippen LogP contribution in [0.15, 0.2) is 24.3 Å². The molecule has 3 heteroatoms. The number of nitrogens with one attached hydrogen (secondary N) is 1. The molecule has 3 nitrogen and oxygen atoms in total. The van der Waals surface area contributed by atoms with E-state index in [1.165, 1.54) is 0 Å². The van der Waals surface area contributed by atoms with Crippen LogP contribution in [0.1, 0.15) is 42.6 Å². The molecule has 0 saturated carbocycles. The summed E-state index contributed by atoms with van der Waals surface area (Å²) in [4.78, 5) is 11.9. The van der Waals surface area contributed by atoms with Crippen molar-refractivity contribution in [1.82, 2.24) is 5.32 Å². The Balaban J connectivity index is 2.51. The molecule has 0 aliphatic rings. The molecule has 0 aromatic heterocycles. The molecule has 0 heterocycles. The van der Waals surface area contributed by atoms with Gasteiger partial charge in [-0.25, -0.2) is 0 Å². The zero-order valence-electron chi connectivity index (χ0n) is 11.5. The molecular formula is C15H23NO2. The molecule has 0 bridgehead atoms. The quantitative estimate of drug-likeness (QED) is 0.806. The number of hydrogen-bond acceptors (Lipinski definition) is 2. The first-order valence-corrected chi connectivity index (χ1v) is 6.57. The van der Waals surface area contributed by atoms with Gasteiger partial charge in [0.2, 0.25) is 0 Å². The molecule has 0 aliphatic heterocycles. The number of ether oxygens (including phenoxy) is 1. The highest BCUT2D eigenvalue weighted by Gasteiger charge is 2.08. The summed E-state index contributed by atoms with van der Waals surface area (Å²) in [5, 5.41) is 2.98. The number of amides is 1. The highest BCUT2D eigenvalue weighted by Crippen LogP contribution is 2.08. The Morgan fingerprint density at radius 1 is 1.22 bits per heavy atom. The third-order valence-corrected chi connectivity index (χ3v) is 3.23. The van der Waals surface area contributed by atoms with Crippen LogP contribution in [-0.4, -0.2) is 19.6 Å². The lowest BCUT2D eigenvalue weighted by molar-refractivity contribution is 0.0946. The van der Waals surface area contributed by atoms with Crippen molar-refractivity contribution in [3.8, 4) is 0 Å². The molecule has 0 fully saturated rings. The minimum atomic E-state index is 0.00543. The summed E-state index contributed by atoms with van der Waals surface area (Å²) < 4.78 is 5.04. The van der Waals surface area contributed by atoms with E-state index in [1.807, 2.05) is 24.3 Å². The fourth-order valence-electron chi connectivity index (χ4n) is 1.84. The Morgan fingerprint density at radius 2 is 1.83 bits per heavy atom. The minimum absolute atomic E-state index is 0.00543. The van der Waals surface area contributed by atoms with E-state index >= 15 is 0 Å². The van der Waals surface area contributed by atoms with Gasteiger partial charge in [-0.3, -0.25) is 4.79 Å². The smallest absolute Gasteiger partial charge is 0.251 e. The Hall–Kier alpha value is -1.35. The van der Waals surface area contributed by atoms with Crippen molar-refractivity contribution >= 4 is 5.91 Å². The molecule has 0 unspecified atom stereocenters. The molecule has 1 aromatic carbocycles. The van der Waals surface area contributed by atoms with E-state index in [1.54, 1.807) is 7.11 Å². The molecule has 0 radical (unpaired) electrons. The topological polar surface area (TPSA) is 38.3 Å². The van der Waals surface area contributed by atoms with Crippen LogP contribution in [-0.2, 0) is 11.3 Å². The van der Waals surface area contributed by atoms with Crippen molar-refractivity contribution in [2.45, 2.75) is 33.3 Å². The first kappa shape index (κ1) is 14.7. The van der Waals surface area contributed by atoms with Gasteiger partial charge in [-0.2, -0.15) is 0 Å². The maximum Gasteiger partial charge on any atom is 0.251 e. The lowest BCUT2D eigenvalue weighted by atomic mass is 10.0. The van der Waals surface area contributed by atoms with E-state index in [2.05, 4.69) is 19.2 Å². The lowest BCUT2D eigenvalue weighted by Crippen LogP contribution is -2.28. The average Bonchev–Trinajstić information content (AvgIpc) is 2.41. The number of methoxy groups -OCH3 is 1. The summed E-state index contributed by atoms with van der Waals surface area (Å²) in [6.45, 7) is 5.64. The highest BCUT2D eigenvalue weighted by atomic mass is 16.5. The largest absolute Gasteiger partial charge is 0.380 e. The van der Waals surface area contributed by atoms with Gasteiger partial charge in [-0.1, -0.05) is 38.8 Å². The summed E-state index contributed by atoms with van der Waals surface area (Å²) in [6.07, 6.45) is 2.20. The summed E-state index contributed by atoms with van der Waals surface area (Å²) in [5.41, 5.74) is 1.79. The fraction of sp³-hybridized carbons (Fsp3) is 0.533. The van der Waals surface area contributed by atoms with Gasteiger partial charge in [0, 0.05) is 19.2 Å². The molecule has 0 aliphatic carbocycles. The third-order valence-electron chi connectivity index (χ3n) is 3.23. The summed E-state index contributed by atoms with van der Waals surface area (Å²) >= 11 is 0. The van der Waals surface area contributed by atoms with Gasteiger partial charge in [0.25, 0.3) is 5.91 Å². The molecule has 1 aromatic rings. The fourth-order valence-corrected chi connectivity index (χ4v) is 1.84. The van der Waals surface area contributed by atoms with Crippen LogP contribution in [0.25, 0.3) is 0 Å². The number of hydrogen-bond donors (Lipinski definition) is 1. The van der Waals surface area contributed by atoms with Crippen molar-refractivity contribution in [2.75, 3.05) is 13.7 Å². The Kier molecular flexibility index (Phi) is 6.44. The van der Waals surface area contributed by atoms with Crippen molar-refractivity contribution < 1.29 is 9.53 Å². The lowest BCUT2D eigenvalue weighted by Gasteiger charge is -2.13. The maximum absolute atomic E-state index is 11.9. The molecule has 1 N–H and O–H groups in total. The van der Waals surface area contributed by atoms with Crippen LogP contribution in [0.4, 0.5) is 0 Å². The minimum Gasteiger partial charge on any atom is -0.380 e. The van der Waals surface area contributed by atoms with Gasteiger partial charge in [0.1, 0.15) is 0 Å². The second-order valence-electron chi connectivity index (χ2n) is 4.52. The van der Waals surface area contributed by atoms with E-state index < -0.39 is 0 Å². The standard InChI is InChI=1S/C15H23NO2/c1-4-12(5-2)10-16-15(17)14-8-6-13(7-9-14)11-18-3/h6-9,12H,4-5,10-11H2,1-3H3,(H,16,17). The molecule has 0 atom stereocenters. The molecule has 1 rings (SSSR count). The number of carbonyl (C=O) groups excluding carboxylic acids is 1. The third kappa shape index (κ3) is 4.49. The maximum atomic E-state index is 11.9. The zero-order chi connectivity index (χ0) is 13.4. The van der Waals surface area contributed by atoms with Gasteiger partial charge >= 0.3 is 0 Å². The Bertz CT molecular complexity index is 355. The molecule has 1 amide bonds. The van der Waals surface area contributed by atoms with Crippen LogP contribution in [0.3, 0.4) is 0 Å². The molecule has 0 spiro atoms. The predicted molar refractivity (Wildman–Crippen MR) is 73.6 cm³/mol. The van der Waals surface area contributed by atoms with Crippen LogP contribution in [0.2, 0.25) is 0 Å². The average molecular weight is 249 g/mol. The first-order chi connectivity index (χ1) is 8.71. The van der Waals surface area contributed by atoms with Crippen molar-refractivity contribution in [1.29, 1.82) is 0 Å². The number of rotatable bonds is 7. The SMILES string of the molecule is CCC(CC)CNC(=O)c1ccc(COC)cc1. The van der Waals surface area contributed by atoms with E-state index in [-0.39, 0.29) is 5.91 Å². The second-order valence-corrected chi connectivity index (χ2v) is 4.52. The Labute approximate surface area is 110 Å². The van der Waals surface area contributed by atoms with Crippen molar-refractivity contribution in [3.05, 3.63) is 35.4 Å². The van der Waals surface area contributed by atoms with Crippen LogP contribution in [0, 0.1) is 5.92 Å². The van der Waals surface area contributed by atoms with Crippen LogP contribution < -0.4 is 5.32 Å². The van der Waals surface area contributed by atoms with Gasteiger partial charge in [0.15, 0.2) is 0 Å². The predicted octanol–water partition coefficient (Wildman–Crippen LogP) is 3.00. The van der Waals surface area contributed by atoms with Gasteiger partial charge in [-0.05, 0) is 23.6 Å². The van der Waals surface area contributed by atoms with E-state index in [0.29, 0.717) is 18.1 Å². The molecule has 18 heavy (non-hydrogen) atoms. The first-order valence-electron chi connectivity index (χ1n) is 6.57. The highest BCUT2D eigenvalue weighted by molar-refractivity contribution is 5.94. The van der Waals surface area contributed by atoms with Crippen molar-refractivity contribution in [3.63, 3.8) is 0 Å². The summed E-state index contributed by atoms with van der Waals surface area (Å²) in [7, 11) is 1.66. The molecule has 100 valence electrons. The second kappa shape index (κ2) is 7.88. The van der Waals surface area contributed by atoms with Crippen LogP contribution >= 0.6 is 0 Å². The molecule has 0 saturated heterocycles. The number of benzene rings is 1. The van der Waals surface area contributed by atoms with E-state index in [0.717, 1.165) is 24.9 Å². The van der Waals surface area contributed by atoms with E-state index in [4.69, 9.17) is 4.74 Å². The zero-order valence-corrected chi connectivity index (χ0v) is 11.5. The van der Waals surface area contributed by atoms with Gasteiger partial charge < -0.3 is 10.1 Å². The van der Waals surface area contributed by atoms with Crippen LogP contribution in [0.5, 0.6) is 0 Å². The molecular weight excluding hydrogens is 226 g/mol.